The molecule has 152 valence electrons. The van der Waals surface area contributed by atoms with Crippen LogP contribution in [0.25, 0.3) is 0 Å². The first-order valence-corrected chi connectivity index (χ1v) is 10.4. The lowest BCUT2D eigenvalue weighted by Gasteiger charge is -2.17. The fourth-order valence-electron chi connectivity index (χ4n) is 2.19. The minimum atomic E-state index is -3.62. The van der Waals surface area contributed by atoms with Crippen molar-refractivity contribution in [1.82, 2.24) is 24.8 Å². The normalized spacial score (nSPS) is 12.7. The fourth-order valence-corrected chi connectivity index (χ4v) is 2.60. The minimum absolute atomic E-state index is 0.0762. The average molecular weight is 400 g/mol. The maximum atomic E-state index is 12.2. The smallest absolute Gasteiger partial charge is 0.267 e. The summed E-state index contributed by atoms with van der Waals surface area (Å²) in [6.45, 7) is 3.25. The van der Waals surface area contributed by atoms with E-state index in [1.165, 1.54) is 25.4 Å². The second-order valence-electron chi connectivity index (χ2n) is 6.74. The highest BCUT2D eigenvalue weighted by Crippen LogP contribution is 2.07. The van der Waals surface area contributed by atoms with Crippen LogP contribution < -0.4 is 10.6 Å². The molecule has 0 saturated carbocycles. The van der Waals surface area contributed by atoms with Gasteiger partial charge in [-0.05, 0) is 46.1 Å². The molecule has 0 fully saturated rings. The lowest BCUT2D eigenvalue weighted by molar-refractivity contribution is -0.120. The number of rotatable bonds is 10. The van der Waals surface area contributed by atoms with Crippen LogP contribution in [0.3, 0.4) is 0 Å². The summed E-state index contributed by atoms with van der Waals surface area (Å²) in [6.07, 6.45) is 3.26. The predicted octanol–water partition coefficient (Wildman–Crippen LogP) is -0.341. The van der Waals surface area contributed by atoms with Gasteiger partial charge in [-0.3, -0.25) is 14.6 Å². The first kappa shape index (κ1) is 23.0. The van der Waals surface area contributed by atoms with Gasteiger partial charge in [0, 0.05) is 31.4 Å². The Morgan fingerprint density at radius 2 is 1.93 bits per heavy atom. The highest BCUT2D eigenvalue weighted by Gasteiger charge is 2.20. The molecule has 0 aliphatic carbocycles. The van der Waals surface area contributed by atoms with Crippen LogP contribution in [0.2, 0.25) is 0 Å². The van der Waals surface area contributed by atoms with E-state index in [1.54, 1.807) is 0 Å². The fraction of sp³-hybridized carbons (Fsp3) is 0.588. The quantitative estimate of drug-likeness (QED) is 0.553. The lowest BCUT2D eigenvalue weighted by Crippen LogP contribution is -2.40. The Morgan fingerprint density at radius 3 is 2.52 bits per heavy atom. The molecular weight excluding hydrogens is 370 g/mol. The molecule has 1 rings (SSSR count). The van der Waals surface area contributed by atoms with Crippen LogP contribution in [0.15, 0.2) is 18.3 Å². The van der Waals surface area contributed by atoms with Gasteiger partial charge in [-0.1, -0.05) is 0 Å². The van der Waals surface area contributed by atoms with Crippen LogP contribution in [0.4, 0.5) is 0 Å². The summed E-state index contributed by atoms with van der Waals surface area (Å²) in [5.41, 5.74) is 0.757. The molecule has 0 radical (unpaired) electrons. The van der Waals surface area contributed by atoms with Gasteiger partial charge in [-0.2, -0.15) is 0 Å². The van der Waals surface area contributed by atoms with Crippen molar-refractivity contribution in [1.29, 1.82) is 0 Å². The molecule has 1 atom stereocenters. The number of sulfonamides is 1. The molecule has 10 heteroatoms. The Hall–Kier alpha value is -2.04. The topological polar surface area (TPSA) is 112 Å². The van der Waals surface area contributed by atoms with E-state index in [2.05, 4.69) is 20.5 Å². The van der Waals surface area contributed by atoms with Gasteiger partial charge in [0.25, 0.3) is 5.91 Å². The van der Waals surface area contributed by atoms with E-state index in [9.17, 15) is 18.0 Å². The molecule has 1 unspecified atom stereocenters. The zero-order valence-corrected chi connectivity index (χ0v) is 17.3. The van der Waals surface area contributed by atoms with Crippen molar-refractivity contribution in [2.45, 2.75) is 25.9 Å². The summed E-state index contributed by atoms with van der Waals surface area (Å²) in [6, 6.07) is 3.04. The Kier molecular flexibility index (Phi) is 8.80. The Bertz CT molecular complexity index is 751. The zero-order chi connectivity index (χ0) is 20.6. The highest BCUT2D eigenvalue weighted by atomic mass is 32.2. The Morgan fingerprint density at radius 1 is 1.26 bits per heavy atom. The van der Waals surface area contributed by atoms with Crippen LogP contribution in [0, 0.1) is 0 Å². The first-order chi connectivity index (χ1) is 12.5. The van der Waals surface area contributed by atoms with Crippen molar-refractivity contribution in [2.75, 3.05) is 40.5 Å². The average Bonchev–Trinajstić information content (AvgIpc) is 2.58. The van der Waals surface area contributed by atoms with Gasteiger partial charge in [0.2, 0.25) is 15.9 Å². The zero-order valence-electron chi connectivity index (χ0n) is 16.5. The second-order valence-corrected chi connectivity index (χ2v) is 8.75. The summed E-state index contributed by atoms with van der Waals surface area (Å²) in [7, 11) is 1.55. The lowest BCUT2D eigenvalue weighted by atomic mass is 10.2. The van der Waals surface area contributed by atoms with Gasteiger partial charge < -0.3 is 15.5 Å². The first-order valence-electron chi connectivity index (χ1n) is 8.58. The maximum absolute atomic E-state index is 12.2. The highest BCUT2D eigenvalue weighted by molar-refractivity contribution is 7.88. The largest absolute Gasteiger partial charge is 0.352 e. The third-order valence-corrected chi connectivity index (χ3v) is 5.02. The molecule has 0 aliphatic rings. The molecule has 2 N–H and O–H groups in total. The van der Waals surface area contributed by atoms with Gasteiger partial charge in [-0.25, -0.2) is 12.7 Å². The molecule has 1 heterocycles. The van der Waals surface area contributed by atoms with Crippen LogP contribution >= 0.6 is 0 Å². The Balaban J connectivity index is 2.52. The summed E-state index contributed by atoms with van der Waals surface area (Å²) < 4.78 is 23.6. The molecule has 9 nitrogen and oxygen atoms in total. The predicted molar refractivity (Wildman–Crippen MR) is 104 cm³/mol. The third kappa shape index (κ3) is 8.46. The van der Waals surface area contributed by atoms with Crippen LogP contribution in [-0.2, 0) is 21.4 Å². The third-order valence-electron chi connectivity index (χ3n) is 3.86. The summed E-state index contributed by atoms with van der Waals surface area (Å²) >= 11 is 0. The van der Waals surface area contributed by atoms with Crippen LogP contribution in [0.5, 0.6) is 0 Å². The molecule has 2 amide bonds. The van der Waals surface area contributed by atoms with Crippen molar-refractivity contribution in [3.05, 3.63) is 29.6 Å². The molecule has 0 aromatic carbocycles. The number of carbonyl (C=O) groups is 2. The van der Waals surface area contributed by atoms with E-state index in [1.807, 2.05) is 21.0 Å². The van der Waals surface area contributed by atoms with Crippen molar-refractivity contribution in [3.63, 3.8) is 0 Å². The van der Waals surface area contributed by atoms with E-state index in [0.717, 1.165) is 19.2 Å². The number of pyridine rings is 1. The molecule has 1 aromatic rings. The molecule has 0 saturated heterocycles. The van der Waals surface area contributed by atoms with Crippen molar-refractivity contribution >= 4 is 21.8 Å². The summed E-state index contributed by atoms with van der Waals surface area (Å²) in [5, 5.41) is 5.88. The maximum Gasteiger partial charge on any atom is 0.267 e. The van der Waals surface area contributed by atoms with Crippen molar-refractivity contribution < 1.29 is 18.0 Å². The number of carbonyl (C=O) groups excluding carboxylic acids is 2. The molecule has 0 bridgehead atoms. The number of nitrogens with one attached hydrogen (secondary N) is 2. The molecule has 1 aromatic heterocycles. The van der Waals surface area contributed by atoms with E-state index < -0.39 is 15.9 Å². The van der Waals surface area contributed by atoms with Gasteiger partial charge in [-0.15, -0.1) is 0 Å². The minimum Gasteiger partial charge on any atom is -0.352 e. The summed E-state index contributed by atoms with van der Waals surface area (Å²) in [5.74, 6) is -0.751. The van der Waals surface area contributed by atoms with E-state index in [-0.39, 0.29) is 30.6 Å². The molecular formula is C17H29N5O4S. The second kappa shape index (κ2) is 10.3. The number of aromatic nitrogens is 1. The molecule has 27 heavy (non-hydrogen) atoms. The van der Waals surface area contributed by atoms with Gasteiger partial charge in [0.15, 0.2) is 0 Å². The molecule has 0 spiro atoms. The summed E-state index contributed by atoms with van der Waals surface area (Å²) in [4.78, 5) is 30.3. The Labute approximate surface area is 161 Å². The van der Waals surface area contributed by atoms with Crippen LogP contribution in [-0.4, -0.2) is 81.0 Å². The molecule has 0 aliphatic heterocycles. The monoisotopic (exact) mass is 399 g/mol. The van der Waals surface area contributed by atoms with Crippen molar-refractivity contribution in [2.24, 2.45) is 0 Å². The number of hydrogen-bond donors (Lipinski definition) is 2. The number of hydrogen-bond acceptors (Lipinski definition) is 7. The van der Waals surface area contributed by atoms with E-state index in [4.69, 9.17) is 0 Å². The van der Waals surface area contributed by atoms with Gasteiger partial charge in [0.05, 0.1) is 18.5 Å². The van der Waals surface area contributed by atoms with Gasteiger partial charge in [0.1, 0.15) is 0 Å². The van der Waals surface area contributed by atoms with Gasteiger partial charge >= 0.3 is 0 Å². The standard InChI is InChI=1S/C17H29N5O4S/c1-13(7-9-21(2)3)20-16(23)12-18-11-15-10-14(6-8-19-15)17(24)22(4)27(5,25)26/h6,8,10,13,18H,7,9,11-12H2,1-5H3,(H,20,23). The van der Waals surface area contributed by atoms with E-state index >= 15 is 0 Å². The SMILES string of the molecule is CC(CCN(C)C)NC(=O)CNCc1cc(C(=O)N(C)S(C)(=O)=O)ccn1. The van der Waals surface area contributed by atoms with Crippen LogP contribution in [0.1, 0.15) is 29.4 Å². The number of nitrogens with zero attached hydrogens (tertiary/aromatic N) is 3. The number of amides is 2. The van der Waals surface area contributed by atoms with Crippen molar-refractivity contribution in [3.8, 4) is 0 Å². The van der Waals surface area contributed by atoms with E-state index in [0.29, 0.717) is 10.00 Å².